The molecular formula is C13H22ClN3OS. The van der Waals surface area contributed by atoms with Gasteiger partial charge in [0.05, 0.1) is 12.3 Å². The van der Waals surface area contributed by atoms with Crippen molar-refractivity contribution in [2.24, 2.45) is 5.92 Å². The summed E-state index contributed by atoms with van der Waals surface area (Å²) in [7, 11) is 0. The average molecular weight is 304 g/mol. The van der Waals surface area contributed by atoms with E-state index in [1.165, 1.54) is 19.4 Å². The Bertz CT molecular complexity index is 361. The zero-order chi connectivity index (χ0) is 12.6. The van der Waals surface area contributed by atoms with E-state index in [-0.39, 0.29) is 12.4 Å². The fraction of sp³-hybridized carbons (Fsp3) is 0.692. The Hall–Kier alpha value is -0.360. The molecule has 0 amide bonds. The van der Waals surface area contributed by atoms with Gasteiger partial charge in [0, 0.05) is 19.0 Å². The van der Waals surface area contributed by atoms with E-state index >= 15 is 0 Å². The van der Waals surface area contributed by atoms with Crippen LogP contribution in [0, 0.1) is 5.92 Å². The van der Waals surface area contributed by atoms with E-state index in [0.717, 1.165) is 36.2 Å². The summed E-state index contributed by atoms with van der Waals surface area (Å²) in [5.74, 6) is 0.778. The molecule has 1 fully saturated rings. The summed E-state index contributed by atoms with van der Waals surface area (Å²) in [5.41, 5.74) is 0.951. The van der Waals surface area contributed by atoms with E-state index in [4.69, 9.17) is 4.74 Å². The minimum atomic E-state index is 0. The van der Waals surface area contributed by atoms with Gasteiger partial charge in [-0.2, -0.15) is 0 Å². The summed E-state index contributed by atoms with van der Waals surface area (Å²) in [6.45, 7) is 3.71. The molecule has 2 rings (SSSR count). The Morgan fingerprint density at radius 2 is 2.26 bits per heavy atom. The Balaban J connectivity index is 0.00000180. The molecule has 1 atom stereocenters. The lowest BCUT2D eigenvalue weighted by Crippen LogP contribution is -2.30. The van der Waals surface area contributed by atoms with Gasteiger partial charge in [0.15, 0.2) is 0 Å². The van der Waals surface area contributed by atoms with E-state index in [2.05, 4.69) is 15.3 Å². The molecule has 4 nitrogen and oxygen atoms in total. The van der Waals surface area contributed by atoms with E-state index in [9.17, 15) is 0 Å². The summed E-state index contributed by atoms with van der Waals surface area (Å²) in [6, 6.07) is 0. The van der Waals surface area contributed by atoms with Gasteiger partial charge < -0.3 is 10.1 Å². The normalized spacial score (nSPS) is 18.9. The number of hydrogen-bond acceptors (Lipinski definition) is 5. The maximum atomic E-state index is 5.72. The van der Waals surface area contributed by atoms with Gasteiger partial charge in [-0.1, -0.05) is 0 Å². The van der Waals surface area contributed by atoms with Crippen molar-refractivity contribution < 1.29 is 4.74 Å². The molecular weight excluding hydrogens is 282 g/mol. The van der Waals surface area contributed by atoms with Crippen LogP contribution in [0.4, 0.5) is 0 Å². The highest BCUT2D eigenvalue weighted by Gasteiger charge is 2.12. The van der Waals surface area contributed by atoms with Gasteiger partial charge in [-0.3, -0.25) is 4.98 Å². The van der Waals surface area contributed by atoms with Crippen LogP contribution >= 0.6 is 24.2 Å². The fourth-order valence-electron chi connectivity index (χ4n) is 2.21. The molecule has 0 aliphatic carbocycles. The van der Waals surface area contributed by atoms with Crippen LogP contribution in [0.25, 0.3) is 0 Å². The Morgan fingerprint density at radius 1 is 1.42 bits per heavy atom. The molecule has 1 unspecified atom stereocenters. The molecule has 0 aromatic carbocycles. The Kier molecular flexibility index (Phi) is 8.37. The molecule has 0 radical (unpaired) electrons. The number of aromatic nitrogens is 2. The number of rotatable bonds is 6. The summed E-state index contributed by atoms with van der Waals surface area (Å²) < 4.78 is 5.72. The number of nitrogens with one attached hydrogen (secondary N) is 1. The van der Waals surface area contributed by atoms with Gasteiger partial charge in [-0.05, 0) is 44.5 Å². The van der Waals surface area contributed by atoms with Crippen molar-refractivity contribution in [1.82, 2.24) is 15.3 Å². The van der Waals surface area contributed by atoms with Crippen molar-refractivity contribution >= 4 is 24.2 Å². The third kappa shape index (κ3) is 5.65. The van der Waals surface area contributed by atoms with Gasteiger partial charge in [0.2, 0.25) is 0 Å². The number of halogens is 1. The lowest BCUT2D eigenvalue weighted by atomic mass is 9.97. The second kappa shape index (κ2) is 9.53. The smallest absolute Gasteiger partial charge is 0.120 e. The molecule has 1 aliphatic rings. The number of thioether (sulfide) groups is 1. The van der Waals surface area contributed by atoms with Crippen LogP contribution in [-0.2, 0) is 11.3 Å². The maximum absolute atomic E-state index is 5.72. The second-order valence-electron chi connectivity index (χ2n) is 4.57. The van der Waals surface area contributed by atoms with Crippen molar-refractivity contribution in [3.05, 3.63) is 18.1 Å². The maximum Gasteiger partial charge on any atom is 0.120 e. The monoisotopic (exact) mass is 303 g/mol. The van der Waals surface area contributed by atoms with E-state index in [0.29, 0.717) is 6.61 Å². The van der Waals surface area contributed by atoms with Crippen molar-refractivity contribution in [2.45, 2.75) is 30.9 Å². The van der Waals surface area contributed by atoms with Crippen LogP contribution in [-0.4, -0.2) is 35.9 Å². The zero-order valence-electron chi connectivity index (χ0n) is 11.3. The third-order valence-corrected chi connectivity index (χ3v) is 3.96. The van der Waals surface area contributed by atoms with Crippen molar-refractivity contribution in [2.75, 3.05) is 26.0 Å². The number of ether oxygens (including phenoxy) is 1. The molecule has 0 bridgehead atoms. The first-order valence-corrected chi connectivity index (χ1v) is 7.75. The van der Waals surface area contributed by atoms with E-state index in [1.807, 2.05) is 6.26 Å². The summed E-state index contributed by atoms with van der Waals surface area (Å²) in [5, 5.41) is 4.40. The number of hydrogen-bond donors (Lipinski definition) is 1. The molecule has 19 heavy (non-hydrogen) atoms. The lowest BCUT2D eigenvalue weighted by Gasteiger charge is -2.22. The largest absolute Gasteiger partial charge is 0.375 e. The van der Waals surface area contributed by atoms with Gasteiger partial charge in [0.25, 0.3) is 0 Å². The summed E-state index contributed by atoms with van der Waals surface area (Å²) in [6.07, 6.45) is 9.23. The standard InChI is InChI=1S/C13H21N3OS.ClH/c1-18-13-12(15-6-7-16-13)10-17-8-4-11-3-2-5-14-9-11;/h6-7,11,14H,2-5,8-10H2,1H3;1H. The van der Waals surface area contributed by atoms with Crippen LogP contribution in [0.5, 0.6) is 0 Å². The summed E-state index contributed by atoms with van der Waals surface area (Å²) >= 11 is 1.62. The lowest BCUT2D eigenvalue weighted by molar-refractivity contribution is 0.0992. The minimum Gasteiger partial charge on any atom is -0.375 e. The molecule has 1 aromatic heterocycles. The van der Waals surface area contributed by atoms with Crippen LogP contribution < -0.4 is 5.32 Å². The second-order valence-corrected chi connectivity index (χ2v) is 5.36. The first-order valence-electron chi connectivity index (χ1n) is 6.52. The average Bonchev–Trinajstić information content (AvgIpc) is 2.45. The third-order valence-electron chi connectivity index (χ3n) is 3.24. The molecule has 1 aliphatic heterocycles. The van der Waals surface area contributed by atoms with Gasteiger partial charge in [-0.25, -0.2) is 4.98 Å². The van der Waals surface area contributed by atoms with Crippen molar-refractivity contribution in [1.29, 1.82) is 0 Å². The Morgan fingerprint density at radius 3 is 3.00 bits per heavy atom. The molecule has 6 heteroatoms. The SMILES string of the molecule is CSc1nccnc1COCCC1CCCNC1.Cl. The molecule has 1 aromatic rings. The van der Waals surface area contributed by atoms with Crippen molar-refractivity contribution in [3.63, 3.8) is 0 Å². The highest BCUT2D eigenvalue weighted by Crippen LogP contribution is 2.17. The fourth-order valence-corrected chi connectivity index (χ4v) is 2.73. The first-order chi connectivity index (χ1) is 8.90. The highest BCUT2D eigenvalue weighted by atomic mass is 35.5. The highest BCUT2D eigenvalue weighted by molar-refractivity contribution is 7.98. The topological polar surface area (TPSA) is 47.0 Å². The van der Waals surface area contributed by atoms with Crippen LogP contribution in [0.15, 0.2) is 17.4 Å². The molecule has 1 N–H and O–H groups in total. The van der Waals surface area contributed by atoms with Gasteiger partial charge in [0.1, 0.15) is 5.03 Å². The predicted molar refractivity (Wildman–Crippen MR) is 80.9 cm³/mol. The van der Waals surface area contributed by atoms with Crippen LogP contribution in [0.1, 0.15) is 25.0 Å². The van der Waals surface area contributed by atoms with Crippen molar-refractivity contribution in [3.8, 4) is 0 Å². The number of nitrogens with zero attached hydrogens (tertiary/aromatic N) is 2. The van der Waals surface area contributed by atoms with Gasteiger partial charge >= 0.3 is 0 Å². The molecule has 0 spiro atoms. The van der Waals surface area contributed by atoms with E-state index in [1.54, 1.807) is 24.2 Å². The minimum absolute atomic E-state index is 0. The first kappa shape index (κ1) is 16.7. The van der Waals surface area contributed by atoms with Crippen LogP contribution in [0.3, 0.4) is 0 Å². The summed E-state index contributed by atoms with van der Waals surface area (Å²) in [4.78, 5) is 8.59. The molecule has 0 saturated carbocycles. The predicted octanol–water partition coefficient (Wildman–Crippen LogP) is 2.53. The quantitative estimate of drug-likeness (QED) is 0.646. The van der Waals surface area contributed by atoms with Crippen LogP contribution in [0.2, 0.25) is 0 Å². The molecule has 108 valence electrons. The van der Waals surface area contributed by atoms with E-state index < -0.39 is 0 Å². The Labute approximate surface area is 125 Å². The molecule has 2 heterocycles. The molecule has 1 saturated heterocycles. The number of piperidine rings is 1. The zero-order valence-corrected chi connectivity index (χ0v) is 12.9. The van der Waals surface area contributed by atoms with Gasteiger partial charge in [-0.15, -0.1) is 24.2 Å².